The van der Waals surface area contributed by atoms with Crippen LogP contribution in [0.3, 0.4) is 0 Å². The minimum Gasteiger partial charge on any atom is -0.338 e. The summed E-state index contributed by atoms with van der Waals surface area (Å²) < 4.78 is 26.2. The van der Waals surface area contributed by atoms with E-state index in [1.54, 1.807) is 12.1 Å². The van der Waals surface area contributed by atoms with E-state index < -0.39 is 17.5 Å². The van der Waals surface area contributed by atoms with Gasteiger partial charge >= 0.3 is 0 Å². The number of carbonyl (C=O) groups is 1. The molecule has 0 fully saturated rings. The highest BCUT2D eigenvalue weighted by molar-refractivity contribution is 6.04. The van der Waals surface area contributed by atoms with E-state index >= 15 is 0 Å². The number of fused-ring (bicyclic) bond motifs is 1. The maximum absolute atomic E-state index is 13.2. The molecule has 0 spiro atoms. The molecule has 4 rings (SSSR count). The molecule has 4 aromatic rings. The van der Waals surface area contributed by atoms with Crippen molar-refractivity contribution in [1.29, 1.82) is 0 Å². The van der Waals surface area contributed by atoms with E-state index in [4.69, 9.17) is 0 Å². The molecule has 0 saturated heterocycles. The van der Waals surface area contributed by atoms with E-state index in [1.165, 1.54) is 6.07 Å². The molecule has 0 aliphatic rings. The number of benzene rings is 3. The number of aromatic nitrogens is 2. The van der Waals surface area contributed by atoms with Crippen molar-refractivity contribution < 1.29 is 13.6 Å². The van der Waals surface area contributed by atoms with Gasteiger partial charge in [0.25, 0.3) is 5.91 Å². The van der Waals surface area contributed by atoms with Crippen LogP contribution in [-0.4, -0.2) is 15.9 Å². The van der Waals surface area contributed by atoms with Gasteiger partial charge in [-0.3, -0.25) is 4.79 Å². The van der Waals surface area contributed by atoms with Gasteiger partial charge in [0.05, 0.1) is 11.0 Å². The van der Waals surface area contributed by atoms with Gasteiger partial charge < -0.3 is 10.3 Å². The Labute approximate surface area is 147 Å². The van der Waals surface area contributed by atoms with Crippen LogP contribution in [-0.2, 0) is 0 Å². The monoisotopic (exact) mass is 349 g/mol. The molecule has 26 heavy (non-hydrogen) atoms. The van der Waals surface area contributed by atoms with Gasteiger partial charge in [0.1, 0.15) is 5.82 Å². The molecule has 6 heteroatoms. The fourth-order valence-corrected chi connectivity index (χ4v) is 2.64. The van der Waals surface area contributed by atoms with Gasteiger partial charge in [0.2, 0.25) is 0 Å². The number of rotatable bonds is 3. The van der Waals surface area contributed by atoms with Crippen LogP contribution in [0.15, 0.2) is 66.7 Å². The number of anilines is 1. The molecule has 3 aromatic carbocycles. The van der Waals surface area contributed by atoms with Crippen LogP contribution in [0, 0.1) is 11.6 Å². The van der Waals surface area contributed by atoms with E-state index in [-0.39, 0.29) is 5.56 Å². The Kier molecular flexibility index (Phi) is 3.93. The molecule has 2 N–H and O–H groups in total. The Morgan fingerprint density at radius 3 is 2.42 bits per heavy atom. The third-order valence-electron chi connectivity index (χ3n) is 3.99. The lowest BCUT2D eigenvalue weighted by Crippen LogP contribution is -2.12. The molecule has 1 heterocycles. The number of para-hydroxylation sites is 2. The number of nitrogens with zero attached hydrogens (tertiary/aromatic N) is 1. The molecule has 128 valence electrons. The molecule has 0 saturated carbocycles. The first-order valence-electron chi connectivity index (χ1n) is 7.92. The summed E-state index contributed by atoms with van der Waals surface area (Å²) in [6.07, 6.45) is 0. The third-order valence-corrected chi connectivity index (χ3v) is 3.99. The third kappa shape index (κ3) is 3.04. The highest BCUT2D eigenvalue weighted by Gasteiger charge is 2.10. The van der Waals surface area contributed by atoms with Crippen LogP contribution in [0.5, 0.6) is 0 Å². The van der Waals surface area contributed by atoms with Crippen LogP contribution >= 0.6 is 0 Å². The summed E-state index contributed by atoms with van der Waals surface area (Å²) in [5, 5.41) is 2.65. The maximum Gasteiger partial charge on any atom is 0.255 e. The molecule has 4 nitrogen and oxygen atoms in total. The Morgan fingerprint density at radius 2 is 1.69 bits per heavy atom. The number of aromatic amines is 1. The molecular formula is C20H13F2N3O. The van der Waals surface area contributed by atoms with Gasteiger partial charge in [0, 0.05) is 16.8 Å². The zero-order valence-electron chi connectivity index (χ0n) is 13.5. The molecule has 0 unspecified atom stereocenters. The first kappa shape index (κ1) is 16.0. The van der Waals surface area contributed by atoms with Crippen LogP contribution < -0.4 is 5.32 Å². The number of hydrogen-bond donors (Lipinski definition) is 2. The second-order valence-corrected chi connectivity index (χ2v) is 5.76. The van der Waals surface area contributed by atoms with E-state index in [2.05, 4.69) is 15.3 Å². The maximum atomic E-state index is 13.2. The zero-order valence-corrected chi connectivity index (χ0v) is 13.5. The fraction of sp³-hybridized carbons (Fsp3) is 0. The van der Waals surface area contributed by atoms with Crippen LogP contribution in [0.2, 0.25) is 0 Å². The molecule has 0 bridgehead atoms. The fourth-order valence-electron chi connectivity index (χ4n) is 2.64. The zero-order chi connectivity index (χ0) is 18.1. The number of imidazole rings is 1. The smallest absolute Gasteiger partial charge is 0.255 e. The summed E-state index contributed by atoms with van der Waals surface area (Å²) in [5.41, 5.74) is 3.27. The minimum absolute atomic E-state index is 0.0465. The Morgan fingerprint density at radius 1 is 0.923 bits per heavy atom. The largest absolute Gasteiger partial charge is 0.338 e. The molecular weight excluding hydrogens is 336 g/mol. The first-order valence-corrected chi connectivity index (χ1v) is 7.92. The van der Waals surface area contributed by atoms with Gasteiger partial charge in [-0.25, -0.2) is 13.8 Å². The van der Waals surface area contributed by atoms with Crippen molar-refractivity contribution in [1.82, 2.24) is 9.97 Å². The standard InChI is InChI=1S/C20H13F2N3O/c21-15-10-7-13(11-16(15)22)20(26)23-14-8-5-12(6-9-14)19-24-17-3-1-2-4-18(17)25-19/h1-11H,(H,23,26)(H,24,25). The Bertz CT molecular complexity index is 1070. The van der Waals surface area contributed by atoms with Crippen molar-refractivity contribution in [2.45, 2.75) is 0 Å². The normalized spacial score (nSPS) is 10.8. The average molecular weight is 349 g/mol. The number of nitrogens with one attached hydrogen (secondary N) is 2. The molecule has 0 radical (unpaired) electrons. The van der Waals surface area contributed by atoms with Crippen molar-refractivity contribution in [3.63, 3.8) is 0 Å². The van der Waals surface area contributed by atoms with Crippen molar-refractivity contribution in [3.05, 3.63) is 83.9 Å². The highest BCUT2D eigenvalue weighted by Crippen LogP contribution is 2.22. The summed E-state index contributed by atoms with van der Waals surface area (Å²) in [6.45, 7) is 0. The van der Waals surface area contributed by atoms with Gasteiger partial charge in [-0.2, -0.15) is 0 Å². The molecule has 1 aromatic heterocycles. The van der Waals surface area contributed by atoms with Crippen LogP contribution in [0.25, 0.3) is 22.4 Å². The SMILES string of the molecule is O=C(Nc1ccc(-c2nc3ccccc3[nH]2)cc1)c1ccc(F)c(F)c1. The highest BCUT2D eigenvalue weighted by atomic mass is 19.2. The second kappa shape index (κ2) is 6.40. The first-order chi connectivity index (χ1) is 12.6. The van der Waals surface area contributed by atoms with Crippen molar-refractivity contribution >= 4 is 22.6 Å². The van der Waals surface area contributed by atoms with E-state index in [1.807, 2.05) is 36.4 Å². The molecule has 1 amide bonds. The lowest BCUT2D eigenvalue weighted by molar-refractivity contribution is 0.102. The number of hydrogen-bond acceptors (Lipinski definition) is 2. The van der Waals surface area contributed by atoms with Crippen molar-refractivity contribution in [2.75, 3.05) is 5.32 Å². The van der Waals surface area contributed by atoms with Gasteiger partial charge in [0.15, 0.2) is 11.6 Å². The molecule has 0 aliphatic heterocycles. The van der Waals surface area contributed by atoms with Gasteiger partial charge in [-0.05, 0) is 54.6 Å². The summed E-state index contributed by atoms with van der Waals surface area (Å²) in [4.78, 5) is 19.9. The summed E-state index contributed by atoms with van der Waals surface area (Å²) in [6, 6.07) is 17.8. The number of amides is 1. The van der Waals surface area contributed by atoms with E-state index in [9.17, 15) is 13.6 Å². The van der Waals surface area contributed by atoms with Crippen LogP contribution in [0.4, 0.5) is 14.5 Å². The predicted molar refractivity (Wildman–Crippen MR) is 95.8 cm³/mol. The number of halogens is 2. The molecule has 0 atom stereocenters. The summed E-state index contributed by atoms with van der Waals surface area (Å²) in [5.74, 6) is -1.83. The van der Waals surface area contributed by atoms with Gasteiger partial charge in [-0.15, -0.1) is 0 Å². The second-order valence-electron chi connectivity index (χ2n) is 5.76. The van der Waals surface area contributed by atoms with E-state index in [0.717, 1.165) is 34.6 Å². The minimum atomic E-state index is -1.06. The Hall–Kier alpha value is -3.54. The predicted octanol–water partition coefficient (Wildman–Crippen LogP) is 4.76. The Balaban J connectivity index is 1.53. The number of H-pyrrole nitrogens is 1. The average Bonchev–Trinajstić information content (AvgIpc) is 3.08. The van der Waals surface area contributed by atoms with Gasteiger partial charge in [-0.1, -0.05) is 12.1 Å². The van der Waals surface area contributed by atoms with E-state index in [0.29, 0.717) is 5.69 Å². The lowest BCUT2D eigenvalue weighted by Gasteiger charge is -2.06. The lowest BCUT2D eigenvalue weighted by atomic mass is 10.1. The van der Waals surface area contributed by atoms with Crippen molar-refractivity contribution in [2.24, 2.45) is 0 Å². The summed E-state index contributed by atoms with van der Waals surface area (Å²) in [7, 11) is 0. The molecule has 0 aliphatic carbocycles. The van der Waals surface area contributed by atoms with Crippen LogP contribution in [0.1, 0.15) is 10.4 Å². The quantitative estimate of drug-likeness (QED) is 0.560. The summed E-state index contributed by atoms with van der Waals surface area (Å²) >= 11 is 0. The van der Waals surface area contributed by atoms with Crippen molar-refractivity contribution in [3.8, 4) is 11.4 Å². The topological polar surface area (TPSA) is 57.8 Å². The number of carbonyl (C=O) groups excluding carboxylic acids is 1.